The van der Waals surface area contributed by atoms with Gasteiger partial charge >= 0.3 is 0 Å². The summed E-state index contributed by atoms with van der Waals surface area (Å²) in [5, 5.41) is 23.3. The Hall–Kier alpha value is -0.910. The van der Waals surface area contributed by atoms with Crippen LogP contribution in [-0.4, -0.2) is 50.2 Å². The minimum absolute atomic E-state index is 0.537. The summed E-state index contributed by atoms with van der Waals surface area (Å²) in [4.78, 5) is 2.05. The van der Waals surface area contributed by atoms with Crippen LogP contribution in [0.1, 0.15) is 18.3 Å². The van der Waals surface area contributed by atoms with Gasteiger partial charge in [0.2, 0.25) is 0 Å². The number of hydrogen-bond donors (Lipinski definition) is 2. The third kappa shape index (κ3) is 2.26. The monoisotopic (exact) mass is 225 g/mol. The van der Waals surface area contributed by atoms with E-state index in [1.54, 1.807) is 0 Å². The molecule has 2 heterocycles. The van der Waals surface area contributed by atoms with Gasteiger partial charge in [0.05, 0.1) is 23.6 Å². The Morgan fingerprint density at radius 1 is 1.38 bits per heavy atom. The van der Waals surface area contributed by atoms with Crippen LogP contribution >= 0.6 is 0 Å². The highest BCUT2D eigenvalue weighted by atomic mass is 16.3. The van der Waals surface area contributed by atoms with Crippen molar-refractivity contribution >= 4 is 0 Å². The lowest BCUT2D eigenvalue weighted by Gasteiger charge is -2.15. The molecule has 0 spiro atoms. The van der Waals surface area contributed by atoms with E-state index in [0.29, 0.717) is 13.1 Å². The fraction of sp³-hybridized carbons (Fsp3) is 0.727. The lowest BCUT2D eigenvalue weighted by Crippen LogP contribution is -2.23. The number of β-amino-alcohol motifs (C(OH)–C–C–N with tert-alkyl or cyclic N) is 2. The topological polar surface area (TPSA) is 61.5 Å². The Morgan fingerprint density at radius 3 is 2.56 bits per heavy atom. The summed E-state index contributed by atoms with van der Waals surface area (Å²) in [5.74, 6) is 0. The Balaban J connectivity index is 2.04. The average Bonchev–Trinajstić information content (AvgIpc) is 2.72. The van der Waals surface area contributed by atoms with Gasteiger partial charge in [-0.1, -0.05) is 0 Å². The standard InChI is InChI=1S/C11H19N3O2/c1-3-14-9(4-8(2)12-14)5-13-6-10(15)11(16)7-13/h4,10-11,15-16H,3,5-7H2,1-2H3. The van der Waals surface area contributed by atoms with Gasteiger partial charge in [0.25, 0.3) is 0 Å². The molecule has 2 N–H and O–H groups in total. The van der Waals surface area contributed by atoms with E-state index in [9.17, 15) is 10.2 Å². The molecule has 0 aromatic carbocycles. The van der Waals surface area contributed by atoms with Crippen molar-refractivity contribution in [2.24, 2.45) is 0 Å². The van der Waals surface area contributed by atoms with Crippen LogP contribution in [0.3, 0.4) is 0 Å². The summed E-state index contributed by atoms with van der Waals surface area (Å²) in [7, 11) is 0. The zero-order valence-electron chi connectivity index (χ0n) is 9.80. The van der Waals surface area contributed by atoms with E-state index in [-0.39, 0.29) is 0 Å². The zero-order valence-corrected chi connectivity index (χ0v) is 9.80. The van der Waals surface area contributed by atoms with Gasteiger partial charge < -0.3 is 10.2 Å². The second-order valence-corrected chi connectivity index (χ2v) is 4.42. The second kappa shape index (κ2) is 4.53. The van der Waals surface area contributed by atoms with Crippen LogP contribution in [-0.2, 0) is 13.1 Å². The molecule has 90 valence electrons. The van der Waals surface area contributed by atoms with Gasteiger partial charge in [-0.05, 0) is 19.9 Å². The van der Waals surface area contributed by atoms with Gasteiger partial charge in [-0.2, -0.15) is 5.10 Å². The molecular weight excluding hydrogens is 206 g/mol. The van der Waals surface area contributed by atoms with Crippen molar-refractivity contribution in [2.75, 3.05) is 13.1 Å². The van der Waals surface area contributed by atoms with Crippen molar-refractivity contribution < 1.29 is 10.2 Å². The summed E-state index contributed by atoms with van der Waals surface area (Å²) in [6.07, 6.45) is -1.22. The quantitative estimate of drug-likeness (QED) is 0.744. The van der Waals surface area contributed by atoms with Crippen molar-refractivity contribution in [3.8, 4) is 0 Å². The molecule has 2 atom stereocenters. The van der Waals surface area contributed by atoms with Gasteiger partial charge in [0.15, 0.2) is 0 Å². The van der Waals surface area contributed by atoms with E-state index >= 15 is 0 Å². The lowest BCUT2D eigenvalue weighted by atomic mass is 10.3. The molecule has 0 bridgehead atoms. The highest BCUT2D eigenvalue weighted by molar-refractivity contribution is 5.09. The molecule has 1 aromatic heterocycles. The zero-order chi connectivity index (χ0) is 11.7. The van der Waals surface area contributed by atoms with Gasteiger partial charge in [-0.15, -0.1) is 0 Å². The van der Waals surface area contributed by atoms with E-state index in [2.05, 4.69) is 23.0 Å². The first-order valence-electron chi connectivity index (χ1n) is 5.72. The number of likely N-dealkylation sites (tertiary alicyclic amines) is 1. The van der Waals surface area contributed by atoms with Crippen LogP contribution in [0, 0.1) is 6.92 Å². The van der Waals surface area contributed by atoms with E-state index in [4.69, 9.17) is 0 Å². The smallest absolute Gasteiger partial charge is 0.0938 e. The van der Waals surface area contributed by atoms with Gasteiger partial charge in [-0.3, -0.25) is 9.58 Å². The first kappa shape index (κ1) is 11.6. The fourth-order valence-electron chi connectivity index (χ4n) is 2.21. The van der Waals surface area contributed by atoms with Crippen LogP contribution in [0.4, 0.5) is 0 Å². The largest absolute Gasteiger partial charge is 0.389 e. The van der Waals surface area contributed by atoms with Crippen LogP contribution in [0.5, 0.6) is 0 Å². The van der Waals surface area contributed by atoms with E-state index in [0.717, 1.165) is 24.5 Å². The Kier molecular flexibility index (Phi) is 3.28. The van der Waals surface area contributed by atoms with E-state index in [1.165, 1.54) is 0 Å². The molecule has 0 amide bonds. The molecule has 0 saturated carbocycles. The number of aliphatic hydroxyl groups excluding tert-OH is 2. The Morgan fingerprint density at radius 2 is 2.00 bits per heavy atom. The number of aryl methyl sites for hydroxylation is 2. The fourth-order valence-corrected chi connectivity index (χ4v) is 2.21. The molecule has 1 saturated heterocycles. The Bertz CT molecular complexity index is 354. The van der Waals surface area contributed by atoms with Crippen molar-refractivity contribution in [3.63, 3.8) is 0 Å². The maximum atomic E-state index is 9.46. The summed E-state index contributed by atoms with van der Waals surface area (Å²) >= 11 is 0. The minimum Gasteiger partial charge on any atom is -0.389 e. The summed E-state index contributed by atoms with van der Waals surface area (Å²) in [6, 6.07) is 2.06. The molecule has 2 rings (SSSR count). The molecule has 16 heavy (non-hydrogen) atoms. The molecule has 1 aliphatic rings. The maximum absolute atomic E-state index is 9.46. The third-order valence-corrected chi connectivity index (χ3v) is 3.01. The second-order valence-electron chi connectivity index (χ2n) is 4.42. The molecule has 1 fully saturated rings. The van der Waals surface area contributed by atoms with Crippen LogP contribution in [0.2, 0.25) is 0 Å². The Labute approximate surface area is 95.3 Å². The van der Waals surface area contributed by atoms with Crippen molar-refractivity contribution in [1.29, 1.82) is 0 Å². The number of hydrogen-bond acceptors (Lipinski definition) is 4. The third-order valence-electron chi connectivity index (χ3n) is 3.01. The van der Waals surface area contributed by atoms with Crippen LogP contribution in [0.15, 0.2) is 6.07 Å². The summed E-state index contributed by atoms with van der Waals surface area (Å²) < 4.78 is 1.96. The summed E-state index contributed by atoms with van der Waals surface area (Å²) in [6.45, 7) is 6.70. The minimum atomic E-state index is -0.612. The lowest BCUT2D eigenvalue weighted by molar-refractivity contribution is 0.0572. The van der Waals surface area contributed by atoms with Gasteiger partial charge in [0, 0.05) is 26.2 Å². The normalized spacial score (nSPS) is 26.5. The van der Waals surface area contributed by atoms with Crippen molar-refractivity contribution in [2.45, 2.75) is 39.1 Å². The van der Waals surface area contributed by atoms with Crippen LogP contribution < -0.4 is 0 Å². The van der Waals surface area contributed by atoms with Gasteiger partial charge in [0.1, 0.15) is 0 Å². The van der Waals surface area contributed by atoms with Crippen molar-refractivity contribution in [3.05, 3.63) is 17.5 Å². The SMILES string of the molecule is CCn1nc(C)cc1CN1CC(O)C(O)C1. The van der Waals surface area contributed by atoms with E-state index < -0.39 is 12.2 Å². The number of nitrogens with zero attached hydrogens (tertiary/aromatic N) is 3. The molecule has 0 aliphatic carbocycles. The molecule has 2 unspecified atom stereocenters. The highest BCUT2D eigenvalue weighted by Gasteiger charge is 2.29. The van der Waals surface area contributed by atoms with Gasteiger partial charge in [-0.25, -0.2) is 0 Å². The number of rotatable bonds is 3. The maximum Gasteiger partial charge on any atom is 0.0938 e. The molecule has 1 aliphatic heterocycles. The number of aliphatic hydroxyl groups is 2. The predicted molar refractivity (Wildman–Crippen MR) is 59.9 cm³/mol. The molecule has 5 nitrogen and oxygen atoms in total. The predicted octanol–water partition coefficient (Wildman–Crippen LogP) is -0.251. The molecule has 1 aromatic rings. The van der Waals surface area contributed by atoms with E-state index in [1.807, 2.05) is 11.6 Å². The van der Waals surface area contributed by atoms with Crippen LogP contribution in [0.25, 0.3) is 0 Å². The highest BCUT2D eigenvalue weighted by Crippen LogP contribution is 2.14. The average molecular weight is 225 g/mol. The number of aromatic nitrogens is 2. The summed E-state index contributed by atoms with van der Waals surface area (Å²) in [5.41, 5.74) is 2.15. The first-order chi connectivity index (χ1) is 7.60. The molecular formula is C11H19N3O2. The first-order valence-corrected chi connectivity index (χ1v) is 5.72. The van der Waals surface area contributed by atoms with Crippen molar-refractivity contribution in [1.82, 2.24) is 14.7 Å². The molecule has 0 radical (unpaired) electrons. The molecule has 5 heteroatoms.